The van der Waals surface area contributed by atoms with Gasteiger partial charge in [-0.25, -0.2) is 0 Å². The summed E-state index contributed by atoms with van der Waals surface area (Å²) in [6.07, 6.45) is 2.88. The first-order valence-corrected chi connectivity index (χ1v) is 6.50. The fourth-order valence-electron chi connectivity index (χ4n) is 2.13. The lowest BCUT2D eigenvalue weighted by Crippen LogP contribution is -2.56. The molecule has 2 heterocycles. The van der Waals surface area contributed by atoms with E-state index in [-0.39, 0.29) is 0 Å². The highest BCUT2D eigenvalue weighted by molar-refractivity contribution is 7.99. The molecule has 3 heteroatoms. The highest BCUT2D eigenvalue weighted by atomic mass is 32.2. The molecule has 0 aromatic rings. The third-order valence-electron chi connectivity index (χ3n) is 3.01. The van der Waals surface area contributed by atoms with Gasteiger partial charge >= 0.3 is 0 Å². The van der Waals surface area contributed by atoms with Crippen LogP contribution in [0.15, 0.2) is 0 Å². The highest BCUT2D eigenvalue weighted by Gasteiger charge is 2.23. The Kier molecular flexibility index (Phi) is 3.52. The first-order chi connectivity index (χ1) is 6.34. The molecule has 2 nitrogen and oxygen atoms in total. The second-order valence-electron chi connectivity index (χ2n) is 4.41. The molecule has 1 unspecified atom stereocenters. The van der Waals surface area contributed by atoms with Crippen molar-refractivity contribution in [3.63, 3.8) is 0 Å². The molecule has 0 aromatic carbocycles. The summed E-state index contributed by atoms with van der Waals surface area (Å²) in [7, 11) is 2.19. The van der Waals surface area contributed by atoms with E-state index in [1.54, 1.807) is 0 Å². The lowest BCUT2D eigenvalue weighted by Gasteiger charge is -2.38. The second kappa shape index (κ2) is 4.67. The maximum atomic E-state index is 3.66. The van der Waals surface area contributed by atoms with Gasteiger partial charge in [0.15, 0.2) is 0 Å². The number of rotatable bonds is 3. The fraction of sp³-hybridized carbons (Fsp3) is 1.00. The molecule has 2 rings (SSSR count). The molecule has 2 saturated heterocycles. The Balaban J connectivity index is 1.56. The first-order valence-electron chi connectivity index (χ1n) is 5.34. The average Bonchev–Trinajstić information content (AvgIpc) is 2.12. The van der Waals surface area contributed by atoms with Crippen LogP contribution in [0.25, 0.3) is 0 Å². The molecule has 0 bridgehead atoms. The van der Waals surface area contributed by atoms with Crippen molar-refractivity contribution in [3.05, 3.63) is 0 Å². The third kappa shape index (κ3) is 2.86. The number of likely N-dealkylation sites (N-methyl/N-ethyl adjacent to an activating group) is 1. The predicted octanol–water partition coefficient (Wildman–Crippen LogP) is 1.03. The van der Waals surface area contributed by atoms with Gasteiger partial charge in [0, 0.05) is 19.1 Å². The molecule has 2 aliphatic heterocycles. The van der Waals surface area contributed by atoms with Crippen LogP contribution in [0.1, 0.15) is 12.8 Å². The predicted molar refractivity (Wildman–Crippen MR) is 59.3 cm³/mol. The number of likely N-dealkylation sites (tertiary alicyclic amines) is 1. The minimum Gasteiger partial charge on any atom is -0.311 e. The lowest BCUT2D eigenvalue weighted by molar-refractivity contribution is 0.158. The molecule has 76 valence electrons. The van der Waals surface area contributed by atoms with Gasteiger partial charge in [-0.2, -0.15) is 11.8 Å². The molecular formula is C10H20N2S. The largest absolute Gasteiger partial charge is 0.311 e. The van der Waals surface area contributed by atoms with E-state index in [0.717, 1.165) is 12.0 Å². The second-order valence-corrected chi connectivity index (χ2v) is 5.56. The molecule has 0 aromatic heterocycles. The summed E-state index contributed by atoms with van der Waals surface area (Å²) >= 11 is 2.13. The van der Waals surface area contributed by atoms with Gasteiger partial charge < -0.3 is 10.2 Å². The zero-order chi connectivity index (χ0) is 9.10. The number of hydrogen-bond donors (Lipinski definition) is 1. The summed E-state index contributed by atoms with van der Waals surface area (Å²) in [6, 6.07) is 0.789. The van der Waals surface area contributed by atoms with E-state index >= 15 is 0 Å². The van der Waals surface area contributed by atoms with Crippen molar-refractivity contribution in [1.82, 2.24) is 10.2 Å². The summed E-state index contributed by atoms with van der Waals surface area (Å²) in [5, 5.41) is 3.66. The van der Waals surface area contributed by atoms with Crippen molar-refractivity contribution in [2.75, 3.05) is 38.2 Å². The van der Waals surface area contributed by atoms with Crippen molar-refractivity contribution in [2.24, 2.45) is 5.92 Å². The van der Waals surface area contributed by atoms with Crippen LogP contribution < -0.4 is 5.32 Å². The maximum Gasteiger partial charge on any atom is 0.0322 e. The summed E-state index contributed by atoms with van der Waals surface area (Å²) in [6.45, 7) is 3.76. The SMILES string of the molecule is CN1CC(NCC2CCCSC2)C1. The van der Waals surface area contributed by atoms with E-state index in [1.165, 1.54) is 44.0 Å². The monoisotopic (exact) mass is 200 g/mol. The van der Waals surface area contributed by atoms with E-state index in [2.05, 4.69) is 29.0 Å². The normalized spacial score (nSPS) is 31.6. The van der Waals surface area contributed by atoms with Gasteiger partial charge in [-0.3, -0.25) is 0 Å². The van der Waals surface area contributed by atoms with E-state index in [9.17, 15) is 0 Å². The van der Waals surface area contributed by atoms with Crippen LogP contribution in [0.3, 0.4) is 0 Å². The fourth-order valence-corrected chi connectivity index (χ4v) is 3.29. The van der Waals surface area contributed by atoms with Gasteiger partial charge in [0.05, 0.1) is 0 Å². The van der Waals surface area contributed by atoms with Gasteiger partial charge in [0.25, 0.3) is 0 Å². The van der Waals surface area contributed by atoms with Crippen LogP contribution in [0.4, 0.5) is 0 Å². The Morgan fingerprint density at radius 2 is 2.31 bits per heavy atom. The molecular weight excluding hydrogens is 180 g/mol. The Hall–Kier alpha value is 0.270. The van der Waals surface area contributed by atoms with Crippen LogP contribution in [-0.2, 0) is 0 Å². The molecule has 1 atom stereocenters. The van der Waals surface area contributed by atoms with E-state index in [0.29, 0.717) is 0 Å². The zero-order valence-corrected chi connectivity index (χ0v) is 9.28. The van der Waals surface area contributed by atoms with Crippen molar-refractivity contribution in [1.29, 1.82) is 0 Å². The smallest absolute Gasteiger partial charge is 0.0322 e. The van der Waals surface area contributed by atoms with Gasteiger partial charge in [-0.1, -0.05) is 0 Å². The number of thioether (sulfide) groups is 1. The lowest BCUT2D eigenvalue weighted by atomic mass is 10.0. The third-order valence-corrected chi connectivity index (χ3v) is 4.30. The molecule has 2 fully saturated rings. The van der Waals surface area contributed by atoms with Gasteiger partial charge in [-0.05, 0) is 43.9 Å². The first kappa shape index (κ1) is 9.81. The van der Waals surface area contributed by atoms with E-state index in [1.807, 2.05) is 0 Å². The van der Waals surface area contributed by atoms with E-state index in [4.69, 9.17) is 0 Å². The minimum absolute atomic E-state index is 0.789. The topological polar surface area (TPSA) is 15.3 Å². The van der Waals surface area contributed by atoms with E-state index < -0.39 is 0 Å². The number of nitrogens with one attached hydrogen (secondary N) is 1. The van der Waals surface area contributed by atoms with Crippen LogP contribution in [0, 0.1) is 5.92 Å². The maximum absolute atomic E-state index is 3.66. The number of nitrogens with zero attached hydrogens (tertiary/aromatic N) is 1. The van der Waals surface area contributed by atoms with Crippen LogP contribution in [-0.4, -0.2) is 49.1 Å². The van der Waals surface area contributed by atoms with Gasteiger partial charge in [0.1, 0.15) is 0 Å². The molecule has 2 aliphatic rings. The quantitative estimate of drug-likeness (QED) is 0.732. The van der Waals surface area contributed by atoms with Crippen molar-refractivity contribution in [3.8, 4) is 0 Å². The summed E-state index contributed by atoms with van der Waals surface area (Å²) in [5.74, 6) is 3.72. The summed E-state index contributed by atoms with van der Waals surface area (Å²) in [4.78, 5) is 2.37. The highest BCUT2D eigenvalue weighted by Crippen LogP contribution is 2.22. The zero-order valence-electron chi connectivity index (χ0n) is 8.46. The van der Waals surface area contributed by atoms with Crippen molar-refractivity contribution < 1.29 is 0 Å². The van der Waals surface area contributed by atoms with Crippen molar-refractivity contribution >= 4 is 11.8 Å². The van der Waals surface area contributed by atoms with Crippen molar-refractivity contribution in [2.45, 2.75) is 18.9 Å². The summed E-state index contributed by atoms with van der Waals surface area (Å²) in [5.41, 5.74) is 0. The molecule has 0 amide bonds. The Bertz CT molecular complexity index is 151. The van der Waals surface area contributed by atoms with Gasteiger partial charge in [0.2, 0.25) is 0 Å². The van der Waals surface area contributed by atoms with Crippen LogP contribution in [0.2, 0.25) is 0 Å². The van der Waals surface area contributed by atoms with Crippen LogP contribution in [0.5, 0.6) is 0 Å². The molecule has 0 aliphatic carbocycles. The Labute approximate surface area is 85.4 Å². The summed E-state index contributed by atoms with van der Waals surface area (Å²) < 4.78 is 0. The van der Waals surface area contributed by atoms with Crippen LogP contribution >= 0.6 is 11.8 Å². The Morgan fingerprint density at radius 3 is 2.92 bits per heavy atom. The molecule has 0 radical (unpaired) electrons. The molecule has 0 spiro atoms. The Morgan fingerprint density at radius 1 is 1.46 bits per heavy atom. The molecule has 1 N–H and O–H groups in total. The molecule has 13 heavy (non-hydrogen) atoms. The molecule has 0 saturated carbocycles. The average molecular weight is 200 g/mol. The standard InChI is InChI=1S/C10H20N2S/c1-12-6-10(7-12)11-5-9-3-2-4-13-8-9/h9-11H,2-8H2,1H3. The number of hydrogen-bond acceptors (Lipinski definition) is 3. The van der Waals surface area contributed by atoms with Gasteiger partial charge in [-0.15, -0.1) is 0 Å². The minimum atomic E-state index is 0.789.